The van der Waals surface area contributed by atoms with Crippen LogP contribution in [0.3, 0.4) is 0 Å². The summed E-state index contributed by atoms with van der Waals surface area (Å²) in [6.07, 6.45) is 10.2. The van der Waals surface area contributed by atoms with E-state index >= 15 is 0 Å². The maximum absolute atomic E-state index is 6.46. The van der Waals surface area contributed by atoms with E-state index in [0.717, 1.165) is 59.4 Å². The van der Waals surface area contributed by atoms with Crippen molar-refractivity contribution < 1.29 is 19.0 Å². The van der Waals surface area contributed by atoms with Crippen molar-refractivity contribution in [3.8, 4) is 11.5 Å². The second-order valence-electron chi connectivity index (χ2n) is 8.26. The van der Waals surface area contributed by atoms with E-state index in [1.165, 1.54) is 0 Å². The van der Waals surface area contributed by atoms with Gasteiger partial charge in [0.15, 0.2) is 0 Å². The zero-order chi connectivity index (χ0) is 22.8. The van der Waals surface area contributed by atoms with E-state index in [9.17, 15) is 0 Å². The number of hydrogen-bond donors (Lipinski definition) is 0. The Bertz CT molecular complexity index is 881. The molecule has 0 saturated heterocycles. The highest BCUT2D eigenvalue weighted by Gasteiger charge is 2.25. The fraction of sp³-hybridized carbons (Fsp3) is 0.444. The van der Waals surface area contributed by atoms with Crippen molar-refractivity contribution in [1.82, 2.24) is 0 Å². The Hall–Kier alpha value is -2.79. The predicted octanol–water partition coefficient (Wildman–Crippen LogP) is 6.15. The van der Waals surface area contributed by atoms with Crippen LogP contribution in [-0.4, -0.2) is 32.1 Å². The molecule has 1 aliphatic carbocycles. The van der Waals surface area contributed by atoms with Gasteiger partial charge in [-0.15, -0.1) is 0 Å². The van der Waals surface area contributed by atoms with Crippen molar-refractivity contribution in [3.63, 3.8) is 0 Å². The molecule has 3 rings (SSSR count). The third-order valence-electron chi connectivity index (χ3n) is 5.65. The van der Waals surface area contributed by atoms with Gasteiger partial charge in [0.25, 0.3) is 0 Å². The number of hydrogen-bond acceptors (Lipinski definition) is 5. The molecule has 5 heteroatoms. The Morgan fingerprint density at radius 1 is 1.03 bits per heavy atom. The lowest BCUT2D eigenvalue weighted by atomic mass is 9.94. The molecule has 5 nitrogen and oxygen atoms in total. The standard InChI is InChI=1S/C27H35NO4/c1-5-6-14-30-26-15-20(2)27(21(3)16-26)32-25-9-7-8-24(17-25)31-19-23-12-10-22(11-13-23)18-28-29-4/h5-6,10-13,15-16,18,24-25H,7-9,14,17,19H2,1-4H3/b6-5+,28-18-. The van der Waals surface area contributed by atoms with Gasteiger partial charge in [-0.05, 0) is 74.4 Å². The first-order chi connectivity index (χ1) is 15.6. The number of rotatable bonds is 10. The van der Waals surface area contributed by atoms with Crippen LogP contribution in [0.1, 0.15) is 54.9 Å². The molecule has 0 amide bonds. The van der Waals surface area contributed by atoms with Gasteiger partial charge in [0.1, 0.15) is 31.3 Å². The molecule has 1 fully saturated rings. The van der Waals surface area contributed by atoms with E-state index in [2.05, 4.69) is 43.3 Å². The van der Waals surface area contributed by atoms with Crippen LogP contribution in [0.4, 0.5) is 0 Å². The molecular formula is C27H35NO4. The highest BCUT2D eigenvalue weighted by atomic mass is 16.6. The number of allylic oxidation sites excluding steroid dienone is 1. The minimum Gasteiger partial charge on any atom is -0.490 e. The Morgan fingerprint density at radius 3 is 2.44 bits per heavy atom. The third-order valence-corrected chi connectivity index (χ3v) is 5.65. The summed E-state index contributed by atoms with van der Waals surface area (Å²) in [5.41, 5.74) is 4.38. The van der Waals surface area contributed by atoms with E-state index < -0.39 is 0 Å². The summed E-state index contributed by atoms with van der Waals surface area (Å²) in [5.74, 6) is 1.86. The molecule has 0 spiro atoms. The normalized spacial score (nSPS) is 18.9. The van der Waals surface area contributed by atoms with E-state index in [1.807, 2.05) is 31.2 Å². The van der Waals surface area contributed by atoms with Gasteiger partial charge in [-0.3, -0.25) is 0 Å². The summed E-state index contributed by atoms with van der Waals surface area (Å²) in [5, 5.41) is 3.79. The molecule has 1 aliphatic rings. The first-order valence-corrected chi connectivity index (χ1v) is 11.4. The molecule has 0 radical (unpaired) electrons. The second-order valence-corrected chi connectivity index (χ2v) is 8.26. The van der Waals surface area contributed by atoms with Crippen molar-refractivity contribution in [2.24, 2.45) is 5.16 Å². The lowest BCUT2D eigenvalue weighted by Gasteiger charge is -2.30. The SMILES string of the molecule is C/C=C/COc1cc(C)c(OC2CCCC(OCc3ccc(/C=N\OC)cc3)C2)c(C)c1. The molecule has 2 unspecified atom stereocenters. The van der Waals surface area contributed by atoms with Gasteiger partial charge in [-0.2, -0.15) is 0 Å². The maximum atomic E-state index is 6.46. The maximum Gasteiger partial charge on any atom is 0.125 e. The first kappa shape index (κ1) is 23.9. The molecular weight excluding hydrogens is 402 g/mol. The van der Waals surface area contributed by atoms with Gasteiger partial charge in [0.05, 0.1) is 18.9 Å². The number of benzene rings is 2. The quantitative estimate of drug-likeness (QED) is 0.254. The van der Waals surface area contributed by atoms with Gasteiger partial charge in [-0.1, -0.05) is 41.6 Å². The molecule has 2 aromatic rings. The minimum atomic E-state index is 0.175. The summed E-state index contributed by atoms with van der Waals surface area (Å²) in [7, 11) is 1.54. The van der Waals surface area contributed by atoms with Crippen molar-refractivity contribution in [1.29, 1.82) is 0 Å². The average molecular weight is 438 g/mol. The zero-order valence-electron chi connectivity index (χ0n) is 19.7. The molecule has 32 heavy (non-hydrogen) atoms. The third kappa shape index (κ3) is 7.13. The van der Waals surface area contributed by atoms with Crippen LogP contribution in [0.5, 0.6) is 11.5 Å². The lowest BCUT2D eigenvalue weighted by Crippen LogP contribution is -2.30. The Kier molecular flexibility index (Phi) is 9.17. The van der Waals surface area contributed by atoms with Gasteiger partial charge >= 0.3 is 0 Å². The highest BCUT2D eigenvalue weighted by molar-refractivity contribution is 5.79. The van der Waals surface area contributed by atoms with E-state index in [0.29, 0.717) is 13.2 Å². The van der Waals surface area contributed by atoms with Crippen LogP contribution in [0, 0.1) is 13.8 Å². The number of oxime groups is 1. The Morgan fingerprint density at radius 2 is 1.75 bits per heavy atom. The van der Waals surface area contributed by atoms with Crippen LogP contribution >= 0.6 is 0 Å². The van der Waals surface area contributed by atoms with Crippen molar-refractivity contribution >= 4 is 6.21 Å². The average Bonchev–Trinajstić information content (AvgIpc) is 2.80. The molecule has 0 bridgehead atoms. The lowest BCUT2D eigenvalue weighted by molar-refractivity contribution is -0.0165. The van der Waals surface area contributed by atoms with Crippen molar-refractivity contribution in [2.45, 2.75) is 65.3 Å². The fourth-order valence-electron chi connectivity index (χ4n) is 3.98. The summed E-state index contributed by atoms with van der Waals surface area (Å²) in [4.78, 5) is 4.72. The fourth-order valence-corrected chi connectivity index (χ4v) is 3.98. The monoisotopic (exact) mass is 437 g/mol. The smallest absolute Gasteiger partial charge is 0.125 e. The largest absolute Gasteiger partial charge is 0.490 e. The highest BCUT2D eigenvalue weighted by Crippen LogP contribution is 2.32. The second kappa shape index (κ2) is 12.3. The van der Waals surface area contributed by atoms with Crippen LogP contribution in [0.25, 0.3) is 0 Å². The number of nitrogens with zero attached hydrogens (tertiary/aromatic N) is 1. The molecule has 172 valence electrons. The van der Waals surface area contributed by atoms with Gasteiger partial charge in [0.2, 0.25) is 0 Å². The Balaban J connectivity index is 1.53. The van der Waals surface area contributed by atoms with E-state index in [-0.39, 0.29) is 12.2 Å². The molecule has 0 N–H and O–H groups in total. The van der Waals surface area contributed by atoms with Gasteiger partial charge in [0, 0.05) is 6.42 Å². The topological polar surface area (TPSA) is 49.3 Å². The van der Waals surface area contributed by atoms with Gasteiger partial charge < -0.3 is 19.0 Å². The van der Waals surface area contributed by atoms with Crippen LogP contribution < -0.4 is 9.47 Å². The van der Waals surface area contributed by atoms with Crippen molar-refractivity contribution in [2.75, 3.05) is 13.7 Å². The predicted molar refractivity (Wildman–Crippen MR) is 129 cm³/mol. The molecule has 1 saturated carbocycles. The molecule has 0 aliphatic heterocycles. The molecule has 0 aromatic heterocycles. The molecule has 0 heterocycles. The van der Waals surface area contributed by atoms with Crippen molar-refractivity contribution in [3.05, 3.63) is 70.8 Å². The Labute approximate surface area is 192 Å². The minimum absolute atomic E-state index is 0.175. The summed E-state index contributed by atoms with van der Waals surface area (Å²) in [6, 6.07) is 12.3. The summed E-state index contributed by atoms with van der Waals surface area (Å²) < 4.78 is 18.5. The van der Waals surface area contributed by atoms with Crippen LogP contribution in [0.15, 0.2) is 53.7 Å². The summed E-state index contributed by atoms with van der Waals surface area (Å²) >= 11 is 0. The molecule has 2 atom stereocenters. The molecule has 2 aromatic carbocycles. The number of aryl methyl sites for hydroxylation is 2. The zero-order valence-corrected chi connectivity index (χ0v) is 19.7. The van der Waals surface area contributed by atoms with Crippen LogP contribution in [0.2, 0.25) is 0 Å². The summed E-state index contributed by atoms with van der Waals surface area (Å²) in [6.45, 7) is 7.36. The van der Waals surface area contributed by atoms with E-state index in [4.69, 9.17) is 19.0 Å². The van der Waals surface area contributed by atoms with E-state index in [1.54, 1.807) is 13.3 Å². The van der Waals surface area contributed by atoms with Crippen LogP contribution in [-0.2, 0) is 16.2 Å². The first-order valence-electron chi connectivity index (χ1n) is 11.4. The van der Waals surface area contributed by atoms with Gasteiger partial charge in [-0.25, -0.2) is 0 Å². The number of ether oxygens (including phenoxy) is 3.